The van der Waals surface area contributed by atoms with Crippen LogP contribution >= 0.6 is 12.4 Å². The maximum atomic E-state index is 12.2. The topological polar surface area (TPSA) is 83.7 Å². The molecule has 1 amide bonds. The van der Waals surface area contributed by atoms with Crippen LogP contribution in [0.3, 0.4) is 0 Å². The van der Waals surface area contributed by atoms with E-state index in [1.54, 1.807) is 14.1 Å². The molecule has 8 heteroatoms. The van der Waals surface area contributed by atoms with Gasteiger partial charge in [-0.25, -0.2) is 8.42 Å². The summed E-state index contributed by atoms with van der Waals surface area (Å²) < 4.78 is 25.7. The highest BCUT2D eigenvalue weighted by atomic mass is 35.5. The number of nitrogens with two attached hydrogens (primary N) is 1. The standard InChI is InChI=1S/C10H21N3O3S.ClH/c1-7-5-13(6-9(7)11)17(15,16)8(2)10(14)12(3)4;/h7-9H,5-6,11H2,1-4H3;1H. The molecule has 2 N–H and O–H groups in total. The van der Waals surface area contributed by atoms with Crippen LogP contribution in [0.5, 0.6) is 0 Å². The van der Waals surface area contributed by atoms with Gasteiger partial charge in [0.2, 0.25) is 15.9 Å². The van der Waals surface area contributed by atoms with Gasteiger partial charge in [-0.15, -0.1) is 12.4 Å². The Labute approximate surface area is 115 Å². The molecule has 0 aromatic rings. The molecule has 0 bridgehead atoms. The number of sulfonamides is 1. The second-order valence-corrected chi connectivity index (χ2v) is 7.13. The van der Waals surface area contributed by atoms with E-state index in [1.165, 1.54) is 16.1 Å². The van der Waals surface area contributed by atoms with E-state index in [9.17, 15) is 13.2 Å². The Morgan fingerprint density at radius 1 is 1.39 bits per heavy atom. The number of halogens is 1. The highest BCUT2D eigenvalue weighted by Crippen LogP contribution is 2.21. The third kappa shape index (κ3) is 3.34. The van der Waals surface area contributed by atoms with Gasteiger partial charge in [0.25, 0.3) is 0 Å². The first-order valence-electron chi connectivity index (χ1n) is 5.63. The number of rotatable bonds is 3. The van der Waals surface area contributed by atoms with Crippen LogP contribution in [0.15, 0.2) is 0 Å². The highest BCUT2D eigenvalue weighted by molar-refractivity contribution is 7.90. The Hall–Kier alpha value is -0.370. The Morgan fingerprint density at radius 3 is 2.22 bits per heavy atom. The predicted molar refractivity (Wildman–Crippen MR) is 73.0 cm³/mol. The number of carbonyl (C=O) groups is 1. The summed E-state index contributed by atoms with van der Waals surface area (Å²) in [6, 6.07) is -0.147. The number of amides is 1. The van der Waals surface area contributed by atoms with Crippen LogP contribution in [-0.2, 0) is 14.8 Å². The van der Waals surface area contributed by atoms with Gasteiger partial charge >= 0.3 is 0 Å². The lowest BCUT2D eigenvalue weighted by atomic mass is 10.1. The minimum absolute atomic E-state index is 0. The van der Waals surface area contributed by atoms with E-state index in [4.69, 9.17) is 5.73 Å². The van der Waals surface area contributed by atoms with Gasteiger partial charge in [-0.1, -0.05) is 6.92 Å². The molecular formula is C10H22ClN3O3S. The summed E-state index contributed by atoms with van der Waals surface area (Å²) >= 11 is 0. The molecule has 0 radical (unpaired) electrons. The second-order valence-electron chi connectivity index (χ2n) is 4.88. The van der Waals surface area contributed by atoms with E-state index in [0.29, 0.717) is 13.1 Å². The lowest BCUT2D eigenvalue weighted by Gasteiger charge is -2.23. The second kappa shape index (κ2) is 6.18. The maximum Gasteiger partial charge on any atom is 0.241 e. The van der Waals surface area contributed by atoms with Crippen molar-refractivity contribution in [1.29, 1.82) is 0 Å². The first-order chi connectivity index (χ1) is 7.67. The summed E-state index contributed by atoms with van der Waals surface area (Å²) in [5, 5.41) is -1.05. The summed E-state index contributed by atoms with van der Waals surface area (Å²) in [6.07, 6.45) is 0. The van der Waals surface area contributed by atoms with Crippen LogP contribution in [0.1, 0.15) is 13.8 Å². The highest BCUT2D eigenvalue weighted by Gasteiger charge is 2.40. The van der Waals surface area contributed by atoms with E-state index in [-0.39, 0.29) is 24.4 Å². The summed E-state index contributed by atoms with van der Waals surface area (Å²) in [7, 11) is -0.490. The molecule has 1 fully saturated rings. The van der Waals surface area contributed by atoms with Gasteiger partial charge in [-0.2, -0.15) is 4.31 Å². The van der Waals surface area contributed by atoms with Gasteiger partial charge < -0.3 is 10.6 Å². The molecule has 1 heterocycles. The van der Waals surface area contributed by atoms with Crippen LogP contribution in [-0.4, -0.2) is 62.0 Å². The van der Waals surface area contributed by atoms with Crippen molar-refractivity contribution in [2.24, 2.45) is 11.7 Å². The molecule has 1 aliphatic rings. The van der Waals surface area contributed by atoms with Gasteiger partial charge in [0.15, 0.2) is 5.25 Å². The molecule has 3 atom stereocenters. The number of nitrogens with zero attached hydrogens (tertiary/aromatic N) is 2. The molecule has 1 saturated heterocycles. The zero-order chi connectivity index (χ0) is 13.4. The third-order valence-corrected chi connectivity index (χ3v) is 5.35. The van der Waals surface area contributed by atoms with E-state index >= 15 is 0 Å². The molecule has 18 heavy (non-hydrogen) atoms. The number of hydrogen-bond donors (Lipinski definition) is 1. The average Bonchev–Trinajstić information content (AvgIpc) is 2.57. The van der Waals surface area contributed by atoms with Gasteiger partial charge in [0.1, 0.15) is 0 Å². The van der Waals surface area contributed by atoms with Crippen LogP contribution < -0.4 is 5.73 Å². The zero-order valence-electron chi connectivity index (χ0n) is 11.2. The largest absolute Gasteiger partial charge is 0.348 e. The predicted octanol–water partition coefficient (Wildman–Crippen LogP) is -0.506. The van der Waals surface area contributed by atoms with E-state index < -0.39 is 21.2 Å². The minimum atomic E-state index is -3.59. The van der Waals surface area contributed by atoms with E-state index in [0.717, 1.165) is 0 Å². The maximum absolute atomic E-state index is 12.2. The molecule has 0 aromatic heterocycles. The van der Waals surface area contributed by atoms with Crippen molar-refractivity contribution in [2.75, 3.05) is 27.2 Å². The fraction of sp³-hybridized carbons (Fsp3) is 0.900. The van der Waals surface area contributed by atoms with Gasteiger partial charge in [0.05, 0.1) is 0 Å². The number of hydrogen-bond acceptors (Lipinski definition) is 4. The monoisotopic (exact) mass is 299 g/mol. The van der Waals surface area contributed by atoms with Crippen molar-refractivity contribution in [3.8, 4) is 0 Å². The normalized spacial score (nSPS) is 26.5. The molecule has 0 aliphatic carbocycles. The molecule has 0 spiro atoms. The van der Waals surface area contributed by atoms with E-state index in [1.807, 2.05) is 6.92 Å². The quantitative estimate of drug-likeness (QED) is 0.761. The van der Waals surface area contributed by atoms with Crippen LogP contribution in [0.4, 0.5) is 0 Å². The zero-order valence-corrected chi connectivity index (χ0v) is 12.8. The van der Waals surface area contributed by atoms with Crippen molar-refractivity contribution >= 4 is 28.3 Å². The third-order valence-electron chi connectivity index (χ3n) is 3.23. The summed E-state index contributed by atoms with van der Waals surface area (Å²) in [5.41, 5.74) is 5.80. The van der Waals surface area contributed by atoms with Crippen molar-refractivity contribution in [1.82, 2.24) is 9.21 Å². The molecule has 1 rings (SSSR count). The minimum Gasteiger partial charge on any atom is -0.348 e. The van der Waals surface area contributed by atoms with Crippen LogP contribution in [0.2, 0.25) is 0 Å². The Balaban J connectivity index is 0.00000289. The first-order valence-corrected chi connectivity index (χ1v) is 7.14. The van der Waals surface area contributed by atoms with E-state index in [2.05, 4.69) is 0 Å². The first kappa shape index (κ1) is 17.6. The van der Waals surface area contributed by atoms with Crippen LogP contribution in [0.25, 0.3) is 0 Å². The molecule has 6 nitrogen and oxygen atoms in total. The van der Waals surface area contributed by atoms with Crippen LogP contribution in [0, 0.1) is 5.92 Å². The lowest BCUT2D eigenvalue weighted by Crippen LogP contribution is -2.45. The fourth-order valence-corrected chi connectivity index (χ4v) is 3.60. The smallest absolute Gasteiger partial charge is 0.241 e. The van der Waals surface area contributed by atoms with Gasteiger partial charge in [-0.3, -0.25) is 4.79 Å². The SMILES string of the molecule is CC1CN(S(=O)(=O)C(C)C(=O)N(C)C)CC1N.Cl. The lowest BCUT2D eigenvalue weighted by molar-refractivity contribution is -0.128. The molecule has 108 valence electrons. The van der Waals surface area contributed by atoms with Gasteiger partial charge in [-0.05, 0) is 12.8 Å². The average molecular weight is 300 g/mol. The fourth-order valence-electron chi connectivity index (χ4n) is 1.87. The number of carbonyl (C=O) groups excluding carboxylic acids is 1. The van der Waals surface area contributed by atoms with Crippen molar-refractivity contribution in [2.45, 2.75) is 25.1 Å². The molecular weight excluding hydrogens is 278 g/mol. The molecule has 1 aliphatic heterocycles. The van der Waals surface area contributed by atoms with Crippen molar-refractivity contribution < 1.29 is 13.2 Å². The Morgan fingerprint density at radius 2 is 1.89 bits per heavy atom. The molecule has 0 saturated carbocycles. The molecule has 0 aromatic carbocycles. The van der Waals surface area contributed by atoms with Crippen molar-refractivity contribution in [3.05, 3.63) is 0 Å². The Bertz CT molecular complexity index is 389. The Kier molecular flexibility index (Phi) is 6.06. The van der Waals surface area contributed by atoms with Gasteiger partial charge in [0, 0.05) is 33.2 Å². The summed E-state index contributed by atoms with van der Waals surface area (Å²) in [4.78, 5) is 13.0. The summed E-state index contributed by atoms with van der Waals surface area (Å²) in [5.74, 6) is -0.274. The molecule has 3 unspecified atom stereocenters. The van der Waals surface area contributed by atoms with Crippen molar-refractivity contribution in [3.63, 3.8) is 0 Å². The summed E-state index contributed by atoms with van der Waals surface area (Å²) in [6.45, 7) is 4.04.